The van der Waals surface area contributed by atoms with Crippen molar-refractivity contribution in [1.82, 2.24) is 14.8 Å². The Bertz CT molecular complexity index is 970. The molecule has 1 saturated heterocycles. The van der Waals surface area contributed by atoms with Crippen molar-refractivity contribution in [3.63, 3.8) is 0 Å². The maximum absolute atomic E-state index is 11.6. The molecular formula is C23H30N4O3. The lowest BCUT2D eigenvalue weighted by Gasteiger charge is -2.33. The molecule has 2 aliphatic rings. The molecule has 1 amide bonds. The van der Waals surface area contributed by atoms with Crippen LogP contribution >= 0.6 is 0 Å². The molecule has 0 radical (unpaired) electrons. The number of carbonyl (C=O) groups excluding carboxylic acids is 1. The number of nitrogens with one attached hydrogen (secondary N) is 1. The van der Waals surface area contributed by atoms with E-state index < -0.39 is 0 Å². The summed E-state index contributed by atoms with van der Waals surface area (Å²) in [5.41, 5.74) is 8.29. The molecule has 0 aliphatic carbocycles. The molecule has 1 fully saturated rings. The number of amides is 1. The van der Waals surface area contributed by atoms with E-state index in [1.165, 1.54) is 5.57 Å². The minimum absolute atomic E-state index is 0.133. The van der Waals surface area contributed by atoms with Gasteiger partial charge in [0.25, 0.3) is 0 Å². The van der Waals surface area contributed by atoms with Crippen molar-refractivity contribution in [1.29, 1.82) is 0 Å². The number of aromatic nitrogens is 1. The van der Waals surface area contributed by atoms with Crippen LogP contribution in [0.4, 0.5) is 0 Å². The number of hydrogen-bond acceptors (Lipinski definition) is 5. The normalized spacial score (nSPS) is 20.5. The zero-order valence-electron chi connectivity index (χ0n) is 17.6. The van der Waals surface area contributed by atoms with Gasteiger partial charge in [0.1, 0.15) is 12.0 Å². The average molecular weight is 411 g/mol. The van der Waals surface area contributed by atoms with Gasteiger partial charge in [-0.05, 0) is 42.8 Å². The van der Waals surface area contributed by atoms with Crippen LogP contribution in [-0.2, 0) is 9.47 Å². The second-order valence-corrected chi connectivity index (χ2v) is 7.91. The maximum Gasteiger partial charge on any atom is 0.248 e. The Hall–Kier alpha value is -2.77. The van der Waals surface area contributed by atoms with Gasteiger partial charge in [0.05, 0.1) is 7.11 Å². The van der Waals surface area contributed by atoms with Gasteiger partial charge in [-0.1, -0.05) is 6.07 Å². The number of piperidine rings is 1. The number of dihydropyridines is 1. The molecule has 0 spiro atoms. The van der Waals surface area contributed by atoms with Crippen LogP contribution in [0.1, 0.15) is 35.7 Å². The van der Waals surface area contributed by atoms with E-state index in [0.717, 1.165) is 55.6 Å². The summed E-state index contributed by atoms with van der Waals surface area (Å²) in [6, 6.07) is 8.24. The molecule has 1 unspecified atom stereocenters. The van der Waals surface area contributed by atoms with Crippen molar-refractivity contribution in [2.45, 2.75) is 31.5 Å². The molecule has 1 aromatic heterocycles. The van der Waals surface area contributed by atoms with E-state index in [1.54, 1.807) is 20.3 Å². The summed E-state index contributed by atoms with van der Waals surface area (Å²) in [4.78, 5) is 14.1. The van der Waals surface area contributed by atoms with Crippen LogP contribution in [0.25, 0.3) is 10.9 Å². The van der Waals surface area contributed by atoms with Crippen LogP contribution in [0, 0.1) is 0 Å². The number of nitrogens with two attached hydrogens (primary N) is 1. The Morgan fingerprint density at radius 1 is 1.23 bits per heavy atom. The first-order valence-corrected chi connectivity index (χ1v) is 10.5. The molecule has 3 heterocycles. The molecule has 4 rings (SSSR count). The van der Waals surface area contributed by atoms with E-state index in [2.05, 4.69) is 27.0 Å². The standard InChI is InChI=1S/C23H30N4O3/c1-29-21-14-22(30-2)25-15-18(21)5-9-26-10-7-19(8-11-26)27-12-6-16-3-4-17(23(24)28)13-20(16)27/h3-4,6,12-15,19,22,25H,5,7-11H2,1-2H3,(H2,24,28). The molecule has 7 nitrogen and oxygen atoms in total. The number of likely N-dealkylation sites (tertiary alicyclic amines) is 1. The Kier molecular flexibility index (Phi) is 6.11. The third-order valence-electron chi connectivity index (χ3n) is 6.17. The number of rotatable bonds is 7. The Balaban J connectivity index is 1.35. The second-order valence-electron chi connectivity index (χ2n) is 7.91. The fraction of sp³-hybridized carbons (Fsp3) is 0.435. The quantitative estimate of drug-likeness (QED) is 0.734. The summed E-state index contributed by atoms with van der Waals surface area (Å²) in [5, 5.41) is 4.38. The Morgan fingerprint density at radius 2 is 2.03 bits per heavy atom. The van der Waals surface area contributed by atoms with Crippen LogP contribution in [-0.4, -0.2) is 55.5 Å². The van der Waals surface area contributed by atoms with Gasteiger partial charge in [0, 0.05) is 67.9 Å². The van der Waals surface area contributed by atoms with E-state index >= 15 is 0 Å². The molecular weight excluding hydrogens is 380 g/mol. The van der Waals surface area contributed by atoms with Crippen LogP contribution in [0.5, 0.6) is 0 Å². The summed E-state index contributed by atoms with van der Waals surface area (Å²) in [6.07, 6.45) is 9.08. The SMILES string of the molecule is COC1=CC(OC)NC=C1CCN1CCC(n2ccc3ccc(C(N)=O)cc32)CC1. The van der Waals surface area contributed by atoms with Gasteiger partial charge in [0.2, 0.25) is 5.91 Å². The van der Waals surface area contributed by atoms with E-state index in [1.807, 2.05) is 24.4 Å². The molecule has 2 aliphatic heterocycles. The molecule has 160 valence electrons. The lowest BCUT2D eigenvalue weighted by atomic mass is 10.0. The number of primary amides is 1. The number of hydrogen-bond donors (Lipinski definition) is 2. The molecule has 2 aromatic rings. The van der Waals surface area contributed by atoms with Crippen LogP contribution in [0.3, 0.4) is 0 Å². The third kappa shape index (κ3) is 4.22. The zero-order valence-corrected chi connectivity index (χ0v) is 17.6. The van der Waals surface area contributed by atoms with E-state index in [-0.39, 0.29) is 12.1 Å². The van der Waals surface area contributed by atoms with Crippen molar-refractivity contribution in [2.75, 3.05) is 33.9 Å². The van der Waals surface area contributed by atoms with E-state index in [4.69, 9.17) is 15.2 Å². The maximum atomic E-state index is 11.6. The van der Waals surface area contributed by atoms with Gasteiger partial charge in [-0.2, -0.15) is 0 Å². The monoisotopic (exact) mass is 410 g/mol. The van der Waals surface area contributed by atoms with Crippen LogP contribution in [0.2, 0.25) is 0 Å². The fourth-order valence-electron chi connectivity index (χ4n) is 4.40. The van der Waals surface area contributed by atoms with E-state index in [0.29, 0.717) is 11.6 Å². The largest absolute Gasteiger partial charge is 0.497 e. The average Bonchev–Trinajstić information content (AvgIpc) is 3.21. The zero-order chi connectivity index (χ0) is 21.1. The first-order chi connectivity index (χ1) is 14.6. The number of benzene rings is 1. The third-order valence-corrected chi connectivity index (χ3v) is 6.17. The summed E-state index contributed by atoms with van der Waals surface area (Å²) in [7, 11) is 3.38. The number of methoxy groups -OCH3 is 2. The summed E-state index contributed by atoms with van der Waals surface area (Å²) >= 11 is 0. The fourth-order valence-corrected chi connectivity index (χ4v) is 4.40. The molecule has 30 heavy (non-hydrogen) atoms. The van der Waals surface area contributed by atoms with Crippen LogP contribution in [0.15, 0.2) is 54.1 Å². The van der Waals surface area contributed by atoms with Crippen LogP contribution < -0.4 is 11.1 Å². The second kappa shape index (κ2) is 8.93. The van der Waals surface area contributed by atoms with Crippen molar-refractivity contribution in [3.05, 3.63) is 59.6 Å². The number of allylic oxidation sites excluding steroid dienone is 1. The summed E-state index contributed by atoms with van der Waals surface area (Å²) < 4.78 is 13.1. The van der Waals surface area contributed by atoms with E-state index in [9.17, 15) is 4.79 Å². The number of ether oxygens (including phenoxy) is 2. The minimum atomic E-state index is -0.382. The molecule has 1 atom stereocenters. The topological polar surface area (TPSA) is 81.8 Å². The molecule has 0 bridgehead atoms. The number of carbonyl (C=O) groups is 1. The van der Waals surface area contributed by atoms with Gasteiger partial charge in [0.15, 0.2) is 0 Å². The molecule has 3 N–H and O–H groups in total. The molecule has 0 saturated carbocycles. The summed E-state index contributed by atoms with van der Waals surface area (Å²) in [6.45, 7) is 3.09. The van der Waals surface area contributed by atoms with Gasteiger partial charge in [-0.3, -0.25) is 4.79 Å². The summed E-state index contributed by atoms with van der Waals surface area (Å²) in [5.74, 6) is 0.506. The Labute approximate surface area is 177 Å². The van der Waals surface area contributed by atoms with Gasteiger partial charge in [-0.25, -0.2) is 0 Å². The smallest absolute Gasteiger partial charge is 0.248 e. The number of fused-ring (bicyclic) bond motifs is 1. The van der Waals surface area contributed by atoms with Crippen molar-refractivity contribution < 1.29 is 14.3 Å². The minimum Gasteiger partial charge on any atom is -0.497 e. The van der Waals surface area contributed by atoms with Crippen molar-refractivity contribution >= 4 is 16.8 Å². The highest BCUT2D eigenvalue weighted by atomic mass is 16.5. The predicted molar refractivity (Wildman–Crippen MR) is 117 cm³/mol. The van der Waals surface area contributed by atoms with Gasteiger partial charge in [-0.15, -0.1) is 0 Å². The Morgan fingerprint density at radius 3 is 2.73 bits per heavy atom. The lowest BCUT2D eigenvalue weighted by molar-refractivity contribution is 0.100. The van der Waals surface area contributed by atoms with Crippen molar-refractivity contribution in [3.8, 4) is 0 Å². The van der Waals surface area contributed by atoms with Crippen molar-refractivity contribution in [2.24, 2.45) is 5.73 Å². The number of nitrogens with zero attached hydrogens (tertiary/aromatic N) is 2. The highest BCUT2D eigenvalue weighted by Gasteiger charge is 2.23. The first kappa shape index (κ1) is 20.5. The highest BCUT2D eigenvalue weighted by molar-refractivity contribution is 5.97. The lowest BCUT2D eigenvalue weighted by Crippen LogP contribution is -2.36. The highest BCUT2D eigenvalue weighted by Crippen LogP contribution is 2.29. The van der Waals surface area contributed by atoms with Gasteiger partial charge < -0.3 is 30.0 Å². The van der Waals surface area contributed by atoms with Gasteiger partial charge >= 0.3 is 0 Å². The molecule has 1 aromatic carbocycles. The first-order valence-electron chi connectivity index (χ1n) is 10.5. The predicted octanol–water partition coefficient (Wildman–Crippen LogP) is 2.76. The molecule has 7 heteroatoms.